The number of rotatable bonds is 4. The SMILES string of the molecule is c1ccc(-c2cc3ccccc3cc2-c2nc(-c3ccc4oc5cc6ccccc6cc5c4c3)nc(-n3c4cc5ccccc5cc4c4c5ccccc5ccc43)n2)cc1. The standard InChI is InChI=1S/C55H32N4O/c1-2-12-33(13-3-1)43-26-35-15-4-5-17-37(35)28-46(43)54-56-53(41-23-25-50-44(30-41)45-27-36-16-7-9-20-40(36)32-51(45)60-50)57-55(58-54)59-48-24-22-34-14-10-11-21-42(34)52(48)47-29-38-18-6-8-19-39(38)31-49(47)59/h1-32H. The van der Waals surface area contributed by atoms with Crippen molar-refractivity contribution >= 4 is 86.8 Å². The first-order valence-corrected chi connectivity index (χ1v) is 20.3. The summed E-state index contributed by atoms with van der Waals surface area (Å²) in [6.07, 6.45) is 0. The van der Waals surface area contributed by atoms with Crippen molar-refractivity contribution in [3.8, 4) is 39.9 Å². The summed E-state index contributed by atoms with van der Waals surface area (Å²) in [5.74, 6) is 1.73. The average Bonchev–Trinajstić information content (AvgIpc) is 3.83. The monoisotopic (exact) mass is 764 g/mol. The molecule has 3 heterocycles. The van der Waals surface area contributed by atoms with Gasteiger partial charge in [0.05, 0.1) is 11.0 Å². The Balaban J connectivity index is 1.14. The number of aromatic nitrogens is 4. The normalized spacial score (nSPS) is 12.0. The van der Waals surface area contributed by atoms with Crippen LogP contribution in [0.5, 0.6) is 0 Å². The number of fused-ring (bicyclic) bond motifs is 11. The van der Waals surface area contributed by atoms with Crippen LogP contribution in [0.2, 0.25) is 0 Å². The zero-order chi connectivity index (χ0) is 39.3. The minimum atomic E-state index is 0.552. The van der Waals surface area contributed by atoms with Crippen molar-refractivity contribution in [2.45, 2.75) is 0 Å². The fourth-order valence-corrected chi connectivity index (χ4v) is 9.29. The van der Waals surface area contributed by atoms with Crippen LogP contribution in [0.1, 0.15) is 0 Å². The molecule has 278 valence electrons. The molecule has 0 unspecified atom stereocenters. The van der Waals surface area contributed by atoms with Crippen molar-refractivity contribution < 1.29 is 4.42 Å². The molecule has 0 bridgehead atoms. The molecule has 0 radical (unpaired) electrons. The van der Waals surface area contributed by atoms with Gasteiger partial charge in [-0.2, -0.15) is 9.97 Å². The zero-order valence-corrected chi connectivity index (χ0v) is 32.2. The van der Waals surface area contributed by atoms with Gasteiger partial charge in [0.1, 0.15) is 11.2 Å². The Kier molecular flexibility index (Phi) is 6.95. The highest BCUT2D eigenvalue weighted by atomic mass is 16.3. The molecule has 0 saturated carbocycles. The Morgan fingerprint density at radius 3 is 1.67 bits per heavy atom. The molecule has 0 spiro atoms. The number of benzene rings is 10. The van der Waals surface area contributed by atoms with E-state index < -0.39 is 0 Å². The summed E-state index contributed by atoms with van der Waals surface area (Å²) in [7, 11) is 0. The van der Waals surface area contributed by atoms with Gasteiger partial charge >= 0.3 is 0 Å². The molecule has 0 aliphatic carbocycles. The van der Waals surface area contributed by atoms with Crippen LogP contribution >= 0.6 is 0 Å². The topological polar surface area (TPSA) is 56.7 Å². The van der Waals surface area contributed by atoms with E-state index in [4.69, 9.17) is 19.4 Å². The zero-order valence-electron chi connectivity index (χ0n) is 32.2. The van der Waals surface area contributed by atoms with Crippen LogP contribution in [0.15, 0.2) is 199 Å². The first kappa shape index (κ1) is 32.9. The molecule has 0 fully saturated rings. The summed E-state index contributed by atoms with van der Waals surface area (Å²) >= 11 is 0. The predicted molar refractivity (Wildman–Crippen MR) is 248 cm³/mol. The van der Waals surface area contributed by atoms with E-state index in [-0.39, 0.29) is 0 Å². The summed E-state index contributed by atoms with van der Waals surface area (Å²) in [4.78, 5) is 16.3. The summed E-state index contributed by atoms with van der Waals surface area (Å²) in [5.41, 5.74) is 7.70. The molecule has 5 heteroatoms. The van der Waals surface area contributed by atoms with Gasteiger partial charge in [-0.3, -0.25) is 4.57 Å². The number of hydrogen-bond donors (Lipinski definition) is 0. The van der Waals surface area contributed by atoms with Crippen molar-refractivity contribution in [2.24, 2.45) is 0 Å². The van der Waals surface area contributed by atoms with Gasteiger partial charge in [-0.05, 0) is 115 Å². The van der Waals surface area contributed by atoms with Crippen molar-refractivity contribution in [3.05, 3.63) is 194 Å². The molecule has 0 aliphatic heterocycles. The third-order valence-corrected chi connectivity index (χ3v) is 12.2. The Morgan fingerprint density at radius 2 is 0.917 bits per heavy atom. The maximum atomic E-state index is 6.44. The fraction of sp³-hybridized carbons (Fsp3) is 0. The largest absolute Gasteiger partial charge is 0.456 e. The molecule has 60 heavy (non-hydrogen) atoms. The maximum Gasteiger partial charge on any atom is 0.238 e. The third kappa shape index (κ3) is 5.03. The van der Waals surface area contributed by atoms with Gasteiger partial charge in [0.25, 0.3) is 0 Å². The fourth-order valence-electron chi connectivity index (χ4n) is 9.29. The minimum Gasteiger partial charge on any atom is -0.456 e. The third-order valence-electron chi connectivity index (χ3n) is 12.2. The van der Waals surface area contributed by atoms with Crippen LogP contribution in [0.3, 0.4) is 0 Å². The minimum absolute atomic E-state index is 0.552. The van der Waals surface area contributed by atoms with Gasteiger partial charge in [0, 0.05) is 32.7 Å². The Morgan fingerprint density at radius 1 is 0.333 bits per heavy atom. The van der Waals surface area contributed by atoms with E-state index in [1.807, 2.05) is 6.07 Å². The first-order chi connectivity index (χ1) is 29.7. The van der Waals surface area contributed by atoms with Gasteiger partial charge in [0.2, 0.25) is 5.95 Å². The molecule has 10 aromatic carbocycles. The van der Waals surface area contributed by atoms with Crippen LogP contribution < -0.4 is 0 Å². The summed E-state index contributed by atoms with van der Waals surface area (Å²) in [5, 5.41) is 13.7. The average molecular weight is 765 g/mol. The molecule has 13 rings (SSSR count). The van der Waals surface area contributed by atoms with Gasteiger partial charge in [0.15, 0.2) is 11.6 Å². The van der Waals surface area contributed by atoms with Crippen LogP contribution in [0.4, 0.5) is 0 Å². The van der Waals surface area contributed by atoms with Crippen molar-refractivity contribution in [1.29, 1.82) is 0 Å². The lowest BCUT2D eigenvalue weighted by Crippen LogP contribution is -2.07. The van der Waals surface area contributed by atoms with Crippen LogP contribution in [-0.2, 0) is 0 Å². The van der Waals surface area contributed by atoms with Gasteiger partial charge in [-0.1, -0.05) is 133 Å². The molecule has 3 aromatic heterocycles. The highest BCUT2D eigenvalue weighted by Crippen LogP contribution is 2.41. The molecule has 0 saturated heterocycles. The molecule has 0 amide bonds. The molecule has 0 atom stereocenters. The second kappa shape index (κ2) is 12.7. The van der Waals surface area contributed by atoms with E-state index in [0.717, 1.165) is 82.2 Å². The maximum absolute atomic E-state index is 6.44. The van der Waals surface area contributed by atoms with Crippen molar-refractivity contribution in [3.63, 3.8) is 0 Å². The lowest BCUT2D eigenvalue weighted by Gasteiger charge is -2.15. The lowest BCUT2D eigenvalue weighted by molar-refractivity contribution is 0.669. The molecular formula is C55H32N4O. The Bertz CT molecular complexity index is 3900. The molecule has 0 aliphatic rings. The van der Waals surface area contributed by atoms with E-state index in [9.17, 15) is 0 Å². The predicted octanol–water partition coefficient (Wildman–Crippen LogP) is 14.5. The van der Waals surface area contributed by atoms with E-state index in [1.54, 1.807) is 0 Å². The second-order valence-electron chi connectivity index (χ2n) is 15.6. The Hall–Kier alpha value is -8.15. The quantitative estimate of drug-likeness (QED) is 0.179. The summed E-state index contributed by atoms with van der Waals surface area (Å²) in [6.45, 7) is 0. The second-order valence-corrected chi connectivity index (χ2v) is 15.6. The van der Waals surface area contributed by atoms with Crippen LogP contribution in [0, 0.1) is 0 Å². The Labute approximate surface area is 343 Å². The van der Waals surface area contributed by atoms with Gasteiger partial charge in [-0.15, -0.1) is 0 Å². The number of hydrogen-bond acceptors (Lipinski definition) is 4. The smallest absolute Gasteiger partial charge is 0.238 e. The van der Waals surface area contributed by atoms with E-state index >= 15 is 0 Å². The molecular weight excluding hydrogens is 733 g/mol. The number of furan rings is 1. The van der Waals surface area contributed by atoms with Gasteiger partial charge in [-0.25, -0.2) is 4.98 Å². The summed E-state index contributed by atoms with van der Waals surface area (Å²) < 4.78 is 8.68. The van der Waals surface area contributed by atoms with E-state index in [1.165, 1.54) is 26.9 Å². The number of nitrogens with zero attached hydrogens (tertiary/aromatic N) is 4. The first-order valence-electron chi connectivity index (χ1n) is 20.3. The highest BCUT2D eigenvalue weighted by Gasteiger charge is 2.22. The van der Waals surface area contributed by atoms with Crippen LogP contribution in [0.25, 0.3) is 127 Å². The molecule has 0 N–H and O–H groups in total. The van der Waals surface area contributed by atoms with Crippen LogP contribution in [-0.4, -0.2) is 19.5 Å². The lowest BCUT2D eigenvalue weighted by atomic mass is 9.95. The highest BCUT2D eigenvalue weighted by molar-refractivity contribution is 6.23. The van der Waals surface area contributed by atoms with Gasteiger partial charge < -0.3 is 4.42 Å². The summed E-state index contributed by atoms with van der Waals surface area (Å²) in [6, 6.07) is 68.7. The molecule has 5 nitrogen and oxygen atoms in total. The van der Waals surface area contributed by atoms with Crippen molar-refractivity contribution in [1.82, 2.24) is 19.5 Å². The van der Waals surface area contributed by atoms with E-state index in [2.05, 4.69) is 193 Å². The van der Waals surface area contributed by atoms with E-state index in [0.29, 0.717) is 17.6 Å². The molecule has 13 aromatic rings. The van der Waals surface area contributed by atoms with Crippen molar-refractivity contribution in [2.75, 3.05) is 0 Å².